The second-order valence-corrected chi connectivity index (χ2v) is 4.12. The highest BCUT2D eigenvalue weighted by atomic mass is 35.5. The van der Waals surface area contributed by atoms with Crippen molar-refractivity contribution in [3.63, 3.8) is 0 Å². The van der Waals surface area contributed by atoms with Gasteiger partial charge in [-0.1, -0.05) is 6.07 Å². The van der Waals surface area contributed by atoms with Crippen molar-refractivity contribution in [2.75, 3.05) is 13.2 Å². The highest BCUT2D eigenvalue weighted by Gasteiger charge is 2.20. The molecule has 1 aliphatic rings. The Morgan fingerprint density at radius 1 is 1.58 bits per heavy atom. The molecule has 0 spiro atoms. The molecule has 0 radical (unpaired) electrons. The quantitative estimate of drug-likeness (QED) is 0.674. The van der Waals surface area contributed by atoms with Crippen molar-refractivity contribution in [1.29, 1.82) is 5.26 Å². The van der Waals surface area contributed by atoms with Crippen molar-refractivity contribution in [2.24, 2.45) is 0 Å². The van der Waals surface area contributed by atoms with Gasteiger partial charge in [-0.3, -0.25) is 10.1 Å². The van der Waals surface area contributed by atoms with Gasteiger partial charge in [0.2, 0.25) is 0 Å². The van der Waals surface area contributed by atoms with Crippen LogP contribution in [0.3, 0.4) is 0 Å². The van der Waals surface area contributed by atoms with Gasteiger partial charge in [0.05, 0.1) is 4.92 Å². The van der Waals surface area contributed by atoms with E-state index in [1.165, 1.54) is 12.1 Å². The summed E-state index contributed by atoms with van der Waals surface area (Å²) in [6.07, 6.45) is 2.13. The lowest BCUT2D eigenvalue weighted by Crippen LogP contribution is -2.28. The fraction of sp³-hybridized carbons (Fsp3) is 0.417. The topological polar surface area (TPSA) is 88.2 Å². The van der Waals surface area contributed by atoms with Crippen molar-refractivity contribution in [1.82, 2.24) is 5.32 Å². The van der Waals surface area contributed by atoms with Crippen LogP contribution in [0, 0.1) is 21.4 Å². The molecular weight excluding hydrogens is 270 g/mol. The van der Waals surface area contributed by atoms with Gasteiger partial charge in [0, 0.05) is 12.1 Å². The first-order valence-electron chi connectivity index (χ1n) is 5.76. The first-order valence-corrected chi connectivity index (χ1v) is 5.76. The Balaban J connectivity index is 0.00000180. The number of hydrogen-bond donors (Lipinski definition) is 1. The monoisotopic (exact) mass is 283 g/mol. The maximum atomic E-state index is 10.8. The summed E-state index contributed by atoms with van der Waals surface area (Å²) in [5, 5.41) is 23.0. The summed E-state index contributed by atoms with van der Waals surface area (Å²) < 4.78 is 5.51. The summed E-state index contributed by atoms with van der Waals surface area (Å²) in [5.74, 6) is 0.278. The van der Waals surface area contributed by atoms with E-state index in [-0.39, 0.29) is 35.4 Å². The van der Waals surface area contributed by atoms with E-state index in [1.807, 2.05) is 6.07 Å². The highest BCUT2D eigenvalue weighted by molar-refractivity contribution is 5.85. The second-order valence-electron chi connectivity index (χ2n) is 4.12. The van der Waals surface area contributed by atoms with Crippen LogP contribution in [-0.2, 0) is 0 Å². The zero-order chi connectivity index (χ0) is 13.0. The minimum absolute atomic E-state index is 0. The molecule has 1 aromatic carbocycles. The van der Waals surface area contributed by atoms with Crippen molar-refractivity contribution < 1.29 is 9.66 Å². The van der Waals surface area contributed by atoms with Crippen LogP contribution in [0.25, 0.3) is 0 Å². The van der Waals surface area contributed by atoms with Crippen molar-refractivity contribution in [3.8, 4) is 11.8 Å². The molecule has 0 amide bonds. The number of rotatable bonds is 4. The molecule has 1 fully saturated rings. The Kier molecular flexibility index (Phi) is 5.55. The lowest BCUT2D eigenvalue weighted by molar-refractivity contribution is -0.385. The lowest BCUT2D eigenvalue weighted by Gasteiger charge is -2.12. The molecule has 2 rings (SSSR count). The SMILES string of the molecule is Cl.N#Cc1c(OCC2CCCN2)cccc1[N+](=O)[O-]. The molecule has 1 atom stereocenters. The minimum atomic E-state index is -0.570. The van der Waals surface area contributed by atoms with E-state index in [0.29, 0.717) is 6.61 Å². The minimum Gasteiger partial charge on any atom is -0.490 e. The molecule has 1 aromatic rings. The molecule has 0 aromatic heterocycles. The predicted molar refractivity (Wildman–Crippen MR) is 71.6 cm³/mol. The molecule has 1 saturated heterocycles. The zero-order valence-electron chi connectivity index (χ0n) is 10.2. The van der Waals surface area contributed by atoms with Crippen LogP contribution < -0.4 is 10.1 Å². The third-order valence-corrected chi connectivity index (χ3v) is 2.92. The summed E-state index contributed by atoms with van der Waals surface area (Å²) >= 11 is 0. The van der Waals surface area contributed by atoms with Gasteiger partial charge in [-0.15, -0.1) is 12.4 Å². The maximum Gasteiger partial charge on any atom is 0.290 e. The Morgan fingerprint density at radius 2 is 2.37 bits per heavy atom. The van der Waals surface area contributed by atoms with E-state index in [2.05, 4.69) is 5.32 Å². The molecule has 7 heteroatoms. The van der Waals surface area contributed by atoms with Crippen LogP contribution in [0.5, 0.6) is 5.75 Å². The molecular formula is C12H14ClN3O3. The van der Waals surface area contributed by atoms with Crippen molar-refractivity contribution in [3.05, 3.63) is 33.9 Å². The van der Waals surface area contributed by atoms with Gasteiger partial charge in [0.1, 0.15) is 18.4 Å². The van der Waals surface area contributed by atoms with E-state index >= 15 is 0 Å². The highest BCUT2D eigenvalue weighted by Crippen LogP contribution is 2.27. The van der Waals surface area contributed by atoms with E-state index in [1.54, 1.807) is 6.07 Å². The van der Waals surface area contributed by atoms with Gasteiger partial charge in [-0.05, 0) is 25.5 Å². The van der Waals surface area contributed by atoms with Crippen LogP contribution in [0.1, 0.15) is 18.4 Å². The molecule has 6 nitrogen and oxygen atoms in total. The average Bonchev–Trinajstić information content (AvgIpc) is 2.88. The largest absolute Gasteiger partial charge is 0.490 e. The van der Waals surface area contributed by atoms with Crippen LogP contribution in [0.15, 0.2) is 18.2 Å². The van der Waals surface area contributed by atoms with Gasteiger partial charge in [-0.25, -0.2) is 0 Å². The number of halogens is 1. The molecule has 19 heavy (non-hydrogen) atoms. The van der Waals surface area contributed by atoms with Crippen LogP contribution >= 0.6 is 12.4 Å². The van der Waals surface area contributed by atoms with E-state index < -0.39 is 4.92 Å². The van der Waals surface area contributed by atoms with Gasteiger partial charge < -0.3 is 10.1 Å². The smallest absolute Gasteiger partial charge is 0.290 e. The van der Waals surface area contributed by atoms with Gasteiger partial charge in [-0.2, -0.15) is 5.26 Å². The first-order chi connectivity index (χ1) is 8.72. The molecule has 1 N–H and O–H groups in total. The molecule has 0 bridgehead atoms. The summed E-state index contributed by atoms with van der Waals surface area (Å²) in [7, 11) is 0. The second kappa shape index (κ2) is 6.92. The number of hydrogen-bond acceptors (Lipinski definition) is 5. The Labute approximate surface area is 116 Å². The summed E-state index contributed by atoms with van der Waals surface area (Å²) in [5.41, 5.74) is -0.227. The normalized spacial score (nSPS) is 17.3. The fourth-order valence-electron chi connectivity index (χ4n) is 1.99. The molecule has 1 heterocycles. The number of benzene rings is 1. The van der Waals surface area contributed by atoms with Gasteiger partial charge in [0.25, 0.3) is 5.69 Å². The number of nitro benzene ring substituents is 1. The van der Waals surface area contributed by atoms with Crippen LogP contribution in [-0.4, -0.2) is 24.1 Å². The molecule has 0 aliphatic carbocycles. The lowest BCUT2D eigenvalue weighted by atomic mass is 10.1. The average molecular weight is 284 g/mol. The van der Waals surface area contributed by atoms with Gasteiger partial charge >= 0.3 is 0 Å². The van der Waals surface area contributed by atoms with Crippen molar-refractivity contribution >= 4 is 18.1 Å². The fourth-order valence-corrected chi connectivity index (χ4v) is 1.99. The maximum absolute atomic E-state index is 10.8. The number of nitro groups is 1. The Hall–Kier alpha value is -1.84. The van der Waals surface area contributed by atoms with Crippen LogP contribution in [0.4, 0.5) is 5.69 Å². The van der Waals surface area contributed by atoms with Crippen molar-refractivity contribution in [2.45, 2.75) is 18.9 Å². The Bertz CT molecular complexity index is 495. The van der Waals surface area contributed by atoms with E-state index in [9.17, 15) is 10.1 Å². The Morgan fingerprint density at radius 3 is 2.95 bits per heavy atom. The third kappa shape index (κ3) is 3.56. The third-order valence-electron chi connectivity index (χ3n) is 2.92. The summed E-state index contributed by atoms with van der Waals surface area (Å²) in [6, 6.07) is 6.51. The first kappa shape index (κ1) is 15.2. The number of ether oxygens (including phenoxy) is 1. The van der Waals surface area contributed by atoms with Crippen LogP contribution in [0.2, 0.25) is 0 Å². The number of nitriles is 1. The molecule has 0 saturated carbocycles. The molecule has 1 aliphatic heterocycles. The van der Waals surface area contributed by atoms with E-state index in [4.69, 9.17) is 10.00 Å². The van der Waals surface area contributed by atoms with Gasteiger partial charge in [0.15, 0.2) is 5.56 Å². The standard InChI is InChI=1S/C12H13N3O3.ClH/c13-7-10-11(15(16)17)4-1-5-12(10)18-8-9-3-2-6-14-9;/h1,4-5,9,14H,2-3,6,8H2;1H. The predicted octanol–water partition coefficient (Wildman–Crippen LogP) is 2.02. The van der Waals surface area contributed by atoms with E-state index in [0.717, 1.165) is 19.4 Å². The number of nitrogens with zero attached hydrogens (tertiary/aromatic N) is 2. The zero-order valence-corrected chi connectivity index (χ0v) is 11.0. The molecule has 1 unspecified atom stereocenters. The number of nitrogens with one attached hydrogen (secondary N) is 1. The summed E-state index contributed by atoms with van der Waals surface area (Å²) in [6.45, 7) is 1.39. The molecule has 102 valence electrons. The summed E-state index contributed by atoms with van der Waals surface area (Å²) in [4.78, 5) is 10.2.